The zero-order valence-corrected chi connectivity index (χ0v) is 13.6. The van der Waals surface area contributed by atoms with Gasteiger partial charge in [-0.3, -0.25) is 0 Å². The topological polar surface area (TPSA) is 55.8 Å². The first kappa shape index (κ1) is 16.3. The second-order valence-corrected chi connectivity index (χ2v) is 5.61. The van der Waals surface area contributed by atoms with Gasteiger partial charge in [0.1, 0.15) is 0 Å². The molecule has 0 unspecified atom stereocenters. The van der Waals surface area contributed by atoms with Crippen molar-refractivity contribution in [3.8, 4) is 11.2 Å². The molecule has 1 heterocycles. The molecule has 1 N–H and O–H groups in total. The lowest BCUT2D eigenvalue weighted by Crippen LogP contribution is -2.01. The molecule has 116 valence electrons. The van der Waals surface area contributed by atoms with Gasteiger partial charge in [0, 0.05) is 12.0 Å². The minimum Gasteiger partial charge on any atom is -0.489 e. The summed E-state index contributed by atoms with van der Waals surface area (Å²) in [5.41, 5.74) is 3.22. The SMILES string of the molecule is CCOc1pccc(Cc2ccc(C(=O)O)cc2)c1OCC. The Labute approximate surface area is 131 Å². The molecule has 1 aromatic heterocycles. The molecule has 0 aliphatic carbocycles. The van der Waals surface area contributed by atoms with Crippen LogP contribution in [0.5, 0.6) is 11.2 Å². The molecular formula is C17H19O4P. The van der Waals surface area contributed by atoms with Crippen molar-refractivity contribution in [2.45, 2.75) is 20.3 Å². The summed E-state index contributed by atoms with van der Waals surface area (Å²) in [6.45, 7) is 5.09. The highest BCUT2D eigenvalue weighted by Gasteiger charge is 2.12. The molecule has 0 spiro atoms. The fourth-order valence-electron chi connectivity index (χ4n) is 2.13. The predicted octanol–water partition coefficient (Wildman–Crippen LogP) is 4.35. The Balaban J connectivity index is 2.27. The molecule has 2 rings (SSSR count). The van der Waals surface area contributed by atoms with Crippen LogP contribution in [0.1, 0.15) is 35.3 Å². The highest BCUT2D eigenvalue weighted by atomic mass is 31.0. The number of ether oxygens (including phenoxy) is 2. The van der Waals surface area contributed by atoms with Crippen LogP contribution in [0.15, 0.2) is 36.1 Å². The number of rotatable bonds is 7. The fraction of sp³-hybridized carbons (Fsp3) is 0.294. The van der Waals surface area contributed by atoms with Crippen molar-refractivity contribution in [2.75, 3.05) is 13.2 Å². The van der Waals surface area contributed by atoms with Crippen LogP contribution in [-0.4, -0.2) is 24.3 Å². The maximum Gasteiger partial charge on any atom is 0.335 e. The van der Waals surface area contributed by atoms with Gasteiger partial charge < -0.3 is 14.6 Å². The van der Waals surface area contributed by atoms with E-state index in [1.54, 1.807) is 12.1 Å². The average Bonchev–Trinajstić information content (AvgIpc) is 2.51. The molecule has 22 heavy (non-hydrogen) atoms. The number of aromatic carboxylic acids is 1. The van der Waals surface area contributed by atoms with Gasteiger partial charge in [-0.1, -0.05) is 18.2 Å². The zero-order chi connectivity index (χ0) is 15.9. The van der Waals surface area contributed by atoms with Crippen LogP contribution in [0.2, 0.25) is 0 Å². The van der Waals surface area contributed by atoms with Crippen molar-refractivity contribution in [3.63, 3.8) is 0 Å². The number of hydrogen-bond acceptors (Lipinski definition) is 3. The lowest BCUT2D eigenvalue weighted by molar-refractivity contribution is 0.0697. The fourth-order valence-corrected chi connectivity index (χ4v) is 3.05. The van der Waals surface area contributed by atoms with Crippen molar-refractivity contribution >= 4 is 14.2 Å². The molecular weight excluding hydrogens is 299 g/mol. The van der Waals surface area contributed by atoms with E-state index in [0.717, 1.165) is 30.6 Å². The second-order valence-electron chi connectivity index (χ2n) is 4.65. The highest BCUT2D eigenvalue weighted by molar-refractivity contribution is 7.31. The van der Waals surface area contributed by atoms with E-state index in [0.29, 0.717) is 25.2 Å². The molecule has 0 radical (unpaired) electrons. The molecule has 5 heteroatoms. The first-order chi connectivity index (χ1) is 10.7. The van der Waals surface area contributed by atoms with Gasteiger partial charge in [-0.25, -0.2) is 4.79 Å². The number of hydrogen-bond donors (Lipinski definition) is 1. The molecule has 0 saturated carbocycles. The summed E-state index contributed by atoms with van der Waals surface area (Å²) in [5.74, 6) is 1.92. The smallest absolute Gasteiger partial charge is 0.335 e. The predicted molar refractivity (Wildman–Crippen MR) is 87.5 cm³/mol. The Kier molecular flexibility index (Phi) is 5.79. The molecule has 0 saturated heterocycles. The summed E-state index contributed by atoms with van der Waals surface area (Å²) in [6.07, 6.45) is 0.678. The van der Waals surface area contributed by atoms with E-state index in [2.05, 4.69) is 0 Å². The van der Waals surface area contributed by atoms with E-state index in [4.69, 9.17) is 14.6 Å². The Bertz CT molecular complexity index is 638. The highest BCUT2D eigenvalue weighted by Crippen LogP contribution is 2.39. The summed E-state index contributed by atoms with van der Waals surface area (Å²) in [7, 11) is 0.997. The first-order valence-corrected chi connectivity index (χ1v) is 8.17. The van der Waals surface area contributed by atoms with Gasteiger partial charge in [0.2, 0.25) is 0 Å². The molecule has 0 aliphatic rings. The van der Waals surface area contributed by atoms with Crippen LogP contribution in [0.25, 0.3) is 0 Å². The third-order valence-electron chi connectivity index (χ3n) is 3.12. The quantitative estimate of drug-likeness (QED) is 0.824. The third-order valence-corrected chi connectivity index (χ3v) is 3.98. The van der Waals surface area contributed by atoms with Crippen LogP contribution >= 0.6 is 8.19 Å². The van der Waals surface area contributed by atoms with Gasteiger partial charge in [-0.05, 0) is 45.5 Å². The molecule has 0 amide bonds. The van der Waals surface area contributed by atoms with Gasteiger partial charge in [0.05, 0.1) is 18.8 Å². The Hall–Kier alpha value is -2.06. The van der Waals surface area contributed by atoms with Crippen molar-refractivity contribution in [1.82, 2.24) is 0 Å². The van der Waals surface area contributed by atoms with Crippen molar-refractivity contribution in [2.24, 2.45) is 0 Å². The Morgan fingerprint density at radius 2 is 1.77 bits per heavy atom. The van der Waals surface area contributed by atoms with Gasteiger partial charge >= 0.3 is 5.97 Å². The molecule has 0 aliphatic heterocycles. The summed E-state index contributed by atoms with van der Waals surface area (Å²) in [5, 5.41) is 8.94. The molecule has 1 aromatic carbocycles. The molecule has 0 atom stereocenters. The third kappa shape index (κ3) is 3.99. The van der Waals surface area contributed by atoms with Crippen molar-refractivity contribution in [1.29, 1.82) is 0 Å². The minimum atomic E-state index is -0.913. The summed E-state index contributed by atoms with van der Waals surface area (Å²) >= 11 is 0. The van der Waals surface area contributed by atoms with E-state index in [1.807, 2.05) is 37.8 Å². The first-order valence-electron chi connectivity index (χ1n) is 7.21. The average molecular weight is 318 g/mol. The van der Waals surface area contributed by atoms with E-state index < -0.39 is 5.97 Å². The Morgan fingerprint density at radius 3 is 2.36 bits per heavy atom. The van der Waals surface area contributed by atoms with Crippen LogP contribution in [0.4, 0.5) is 0 Å². The lowest BCUT2D eigenvalue weighted by atomic mass is 10.0. The second kappa shape index (κ2) is 7.81. The van der Waals surface area contributed by atoms with E-state index in [1.165, 1.54) is 0 Å². The zero-order valence-electron chi connectivity index (χ0n) is 12.7. The monoisotopic (exact) mass is 318 g/mol. The van der Waals surface area contributed by atoms with Crippen LogP contribution in [-0.2, 0) is 6.42 Å². The molecule has 2 aromatic rings. The maximum absolute atomic E-state index is 10.9. The number of carboxylic acid groups (broad SMARTS) is 1. The van der Waals surface area contributed by atoms with Gasteiger partial charge in [0.15, 0.2) is 11.2 Å². The van der Waals surface area contributed by atoms with Crippen LogP contribution < -0.4 is 9.47 Å². The van der Waals surface area contributed by atoms with E-state index >= 15 is 0 Å². The molecule has 0 bridgehead atoms. The normalized spacial score (nSPS) is 10.6. The number of carbonyl (C=O) groups is 1. The number of carboxylic acids is 1. The Morgan fingerprint density at radius 1 is 1.09 bits per heavy atom. The van der Waals surface area contributed by atoms with Crippen LogP contribution in [0.3, 0.4) is 0 Å². The largest absolute Gasteiger partial charge is 0.489 e. The molecule has 0 fully saturated rings. The van der Waals surface area contributed by atoms with Crippen LogP contribution in [0, 0.1) is 0 Å². The maximum atomic E-state index is 10.9. The van der Waals surface area contributed by atoms with Gasteiger partial charge in [-0.15, -0.1) is 0 Å². The lowest BCUT2D eigenvalue weighted by Gasteiger charge is -2.14. The van der Waals surface area contributed by atoms with Crippen molar-refractivity contribution in [3.05, 3.63) is 52.8 Å². The van der Waals surface area contributed by atoms with E-state index in [-0.39, 0.29) is 0 Å². The summed E-state index contributed by atoms with van der Waals surface area (Å²) in [6, 6.07) is 8.95. The van der Waals surface area contributed by atoms with Gasteiger partial charge in [-0.2, -0.15) is 0 Å². The molecule has 4 nitrogen and oxygen atoms in total. The van der Waals surface area contributed by atoms with E-state index in [9.17, 15) is 4.79 Å². The summed E-state index contributed by atoms with van der Waals surface area (Å²) < 4.78 is 11.4. The van der Waals surface area contributed by atoms with Gasteiger partial charge in [0.25, 0.3) is 0 Å². The standard InChI is InChI=1S/C17H19O4P/c1-3-20-15-14(9-10-22-17(15)21-4-2)11-12-5-7-13(8-6-12)16(18)19/h5-10H,3-4,11H2,1-2H3,(H,18,19). The summed E-state index contributed by atoms with van der Waals surface area (Å²) in [4.78, 5) is 10.9. The van der Waals surface area contributed by atoms with Crippen molar-refractivity contribution < 1.29 is 19.4 Å². The minimum absolute atomic E-state index is 0.294. The number of benzene rings is 1.